The Morgan fingerprint density at radius 3 is 2.46 bits per heavy atom. The minimum atomic E-state index is -0.183. The second-order valence-corrected chi connectivity index (χ2v) is 7.28. The molecule has 2 atom stereocenters. The van der Waals surface area contributed by atoms with Crippen LogP contribution in [0.1, 0.15) is 37.3 Å². The number of rotatable bonds is 6. The van der Waals surface area contributed by atoms with Crippen LogP contribution in [0.25, 0.3) is 0 Å². The summed E-state index contributed by atoms with van der Waals surface area (Å²) in [6.07, 6.45) is 2.58. The fourth-order valence-electron chi connectivity index (χ4n) is 3.96. The molecule has 1 aromatic carbocycles. The molecule has 2 saturated heterocycles. The van der Waals surface area contributed by atoms with Gasteiger partial charge in [-0.25, -0.2) is 0 Å². The third kappa shape index (κ3) is 6.58. The summed E-state index contributed by atoms with van der Waals surface area (Å²) in [5, 5.41) is 9.74. The molecule has 1 amide bonds. The van der Waals surface area contributed by atoms with E-state index in [9.17, 15) is 9.90 Å². The number of morpholine rings is 1. The number of piperidine rings is 1. The van der Waals surface area contributed by atoms with E-state index in [-0.39, 0.29) is 49.0 Å². The molecule has 2 aliphatic heterocycles. The first-order valence-electron chi connectivity index (χ1n) is 9.75. The molecule has 0 unspecified atom stereocenters. The largest absolute Gasteiger partial charge is 0.393 e. The second kappa shape index (κ2) is 12.6. The summed E-state index contributed by atoms with van der Waals surface area (Å²) in [5.41, 5.74) is 6.71. The summed E-state index contributed by atoms with van der Waals surface area (Å²) < 4.78 is 6.14. The van der Waals surface area contributed by atoms with Crippen LogP contribution in [-0.2, 0) is 9.53 Å². The molecule has 0 aromatic heterocycles. The molecular formula is C20H33Cl2N3O3. The van der Waals surface area contributed by atoms with Crippen molar-refractivity contribution in [3.63, 3.8) is 0 Å². The minimum absolute atomic E-state index is 0. The van der Waals surface area contributed by atoms with Crippen LogP contribution >= 0.6 is 24.8 Å². The summed E-state index contributed by atoms with van der Waals surface area (Å²) in [5.74, 6) is 0.159. The van der Waals surface area contributed by atoms with E-state index in [1.807, 2.05) is 23.1 Å². The van der Waals surface area contributed by atoms with Crippen LogP contribution in [-0.4, -0.2) is 72.4 Å². The topological polar surface area (TPSA) is 79.0 Å². The molecule has 6 nitrogen and oxygen atoms in total. The number of hydrogen-bond donors (Lipinski definition) is 2. The Kier molecular flexibility index (Phi) is 11.3. The van der Waals surface area contributed by atoms with Crippen molar-refractivity contribution in [3.8, 4) is 0 Å². The monoisotopic (exact) mass is 433 g/mol. The highest BCUT2D eigenvalue weighted by atomic mass is 35.5. The van der Waals surface area contributed by atoms with E-state index in [1.165, 1.54) is 0 Å². The molecule has 3 rings (SSSR count). The Morgan fingerprint density at radius 2 is 1.82 bits per heavy atom. The van der Waals surface area contributed by atoms with Gasteiger partial charge in [0.05, 0.1) is 24.9 Å². The standard InChI is InChI=1S/C20H31N3O3.2ClH/c21-10-4-7-19(25)23-13-14-26-18(15-22-11-8-17(24)9-12-22)20(23)16-5-2-1-3-6-16;;/h1-3,5-6,17-18,20,24H,4,7-15,21H2;2*1H/t18-,20-;;/m0../s1. The lowest BCUT2D eigenvalue weighted by atomic mass is 9.96. The van der Waals surface area contributed by atoms with Gasteiger partial charge in [0, 0.05) is 32.6 Å². The van der Waals surface area contributed by atoms with E-state index in [4.69, 9.17) is 10.5 Å². The number of likely N-dealkylation sites (tertiary alicyclic amines) is 1. The molecule has 160 valence electrons. The Bertz CT molecular complexity index is 571. The lowest BCUT2D eigenvalue weighted by Gasteiger charge is -2.44. The van der Waals surface area contributed by atoms with Gasteiger partial charge in [-0.05, 0) is 31.4 Å². The van der Waals surface area contributed by atoms with Crippen molar-refractivity contribution in [3.05, 3.63) is 35.9 Å². The van der Waals surface area contributed by atoms with Crippen molar-refractivity contribution in [1.29, 1.82) is 0 Å². The number of aliphatic hydroxyl groups is 1. The number of aliphatic hydroxyl groups excluding tert-OH is 1. The van der Waals surface area contributed by atoms with E-state index in [0.29, 0.717) is 32.5 Å². The molecular weight excluding hydrogens is 401 g/mol. The predicted octanol–water partition coefficient (Wildman–Crippen LogP) is 1.99. The van der Waals surface area contributed by atoms with Crippen LogP contribution in [0.4, 0.5) is 0 Å². The summed E-state index contributed by atoms with van der Waals surface area (Å²) >= 11 is 0. The normalized spacial score (nSPS) is 23.6. The zero-order valence-electron chi connectivity index (χ0n) is 16.2. The highest BCUT2D eigenvalue weighted by Gasteiger charge is 2.37. The highest BCUT2D eigenvalue weighted by molar-refractivity contribution is 5.85. The summed E-state index contributed by atoms with van der Waals surface area (Å²) in [6.45, 7) is 4.27. The van der Waals surface area contributed by atoms with Gasteiger partial charge in [0.25, 0.3) is 0 Å². The summed E-state index contributed by atoms with van der Waals surface area (Å²) in [7, 11) is 0. The maximum absolute atomic E-state index is 12.8. The van der Waals surface area contributed by atoms with E-state index in [0.717, 1.165) is 38.0 Å². The van der Waals surface area contributed by atoms with Crippen molar-refractivity contribution in [1.82, 2.24) is 9.80 Å². The molecule has 2 aliphatic rings. The van der Waals surface area contributed by atoms with Crippen molar-refractivity contribution >= 4 is 30.7 Å². The first kappa shape index (κ1) is 25.1. The SMILES string of the molecule is Cl.Cl.NCCCC(=O)N1CCO[C@@H](CN2CCC(O)CC2)[C@@H]1c1ccccc1. The van der Waals surface area contributed by atoms with Crippen molar-refractivity contribution in [2.45, 2.75) is 43.9 Å². The molecule has 0 radical (unpaired) electrons. The van der Waals surface area contributed by atoms with Crippen LogP contribution in [0.5, 0.6) is 0 Å². The van der Waals surface area contributed by atoms with Crippen molar-refractivity contribution < 1.29 is 14.6 Å². The first-order chi connectivity index (χ1) is 12.7. The molecule has 2 fully saturated rings. The summed E-state index contributed by atoms with van der Waals surface area (Å²) in [6, 6.07) is 10.1. The average Bonchev–Trinajstić information content (AvgIpc) is 2.68. The number of nitrogens with zero attached hydrogens (tertiary/aromatic N) is 2. The van der Waals surface area contributed by atoms with Crippen LogP contribution in [0, 0.1) is 0 Å². The predicted molar refractivity (Wildman–Crippen MR) is 115 cm³/mol. The fourth-order valence-corrected chi connectivity index (χ4v) is 3.96. The minimum Gasteiger partial charge on any atom is -0.393 e. The Morgan fingerprint density at radius 1 is 1.14 bits per heavy atom. The molecule has 8 heteroatoms. The lowest BCUT2D eigenvalue weighted by molar-refractivity contribution is -0.149. The zero-order chi connectivity index (χ0) is 18.4. The van der Waals surface area contributed by atoms with Crippen LogP contribution in [0.3, 0.4) is 0 Å². The van der Waals surface area contributed by atoms with Gasteiger partial charge in [-0.3, -0.25) is 4.79 Å². The highest BCUT2D eigenvalue weighted by Crippen LogP contribution is 2.31. The molecule has 2 heterocycles. The van der Waals surface area contributed by atoms with Crippen molar-refractivity contribution in [2.75, 3.05) is 39.3 Å². The number of halogens is 2. The van der Waals surface area contributed by atoms with Gasteiger partial charge in [-0.1, -0.05) is 30.3 Å². The number of hydrogen-bond acceptors (Lipinski definition) is 5. The second-order valence-electron chi connectivity index (χ2n) is 7.28. The number of nitrogens with two attached hydrogens (primary N) is 1. The third-order valence-corrected chi connectivity index (χ3v) is 5.40. The molecule has 0 spiro atoms. The molecule has 0 bridgehead atoms. The van der Waals surface area contributed by atoms with Gasteiger partial charge in [0.2, 0.25) is 5.91 Å². The fraction of sp³-hybridized carbons (Fsp3) is 0.650. The van der Waals surface area contributed by atoms with E-state index < -0.39 is 0 Å². The molecule has 3 N–H and O–H groups in total. The molecule has 28 heavy (non-hydrogen) atoms. The van der Waals surface area contributed by atoms with Crippen LogP contribution < -0.4 is 5.73 Å². The van der Waals surface area contributed by atoms with Crippen molar-refractivity contribution in [2.24, 2.45) is 5.73 Å². The number of ether oxygens (including phenoxy) is 1. The van der Waals surface area contributed by atoms with E-state index >= 15 is 0 Å². The average molecular weight is 434 g/mol. The number of benzene rings is 1. The summed E-state index contributed by atoms with van der Waals surface area (Å²) in [4.78, 5) is 17.1. The first-order valence-corrected chi connectivity index (χ1v) is 9.75. The van der Waals surface area contributed by atoms with Crippen LogP contribution in [0.2, 0.25) is 0 Å². The third-order valence-electron chi connectivity index (χ3n) is 5.40. The van der Waals surface area contributed by atoms with E-state index in [2.05, 4.69) is 17.0 Å². The number of carbonyl (C=O) groups is 1. The smallest absolute Gasteiger partial charge is 0.223 e. The molecule has 0 aliphatic carbocycles. The Labute approximate surface area is 180 Å². The van der Waals surface area contributed by atoms with Gasteiger partial charge in [0.15, 0.2) is 0 Å². The molecule has 1 aromatic rings. The maximum Gasteiger partial charge on any atom is 0.223 e. The van der Waals surface area contributed by atoms with Gasteiger partial charge < -0.3 is 25.4 Å². The Hall–Kier alpha value is -0.890. The van der Waals surface area contributed by atoms with Gasteiger partial charge >= 0.3 is 0 Å². The quantitative estimate of drug-likeness (QED) is 0.716. The lowest BCUT2D eigenvalue weighted by Crippen LogP contribution is -2.52. The van der Waals surface area contributed by atoms with Gasteiger partial charge in [0.1, 0.15) is 0 Å². The zero-order valence-corrected chi connectivity index (χ0v) is 17.9. The Balaban J connectivity index is 0.00000196. The molecule has 0 saturated carbocycles. The van der Waals surface area contributed by atoms with Gasteiger partial charge in [-0.2, -0.15) is 0 Å². The number of amides is 1. The van der Waals surface area contributed by atoms with Crippen LogP contribution in [0.15, 0.2) is 30.3 Å². The maximum atomic E-state index is 12.8. The van der Waals surface area contributed by atoms with Gasteiger partial charge in [-0.15, -0.1) is 24.8 Å². The van der Waals surface area contributed by atoms with E-state index in [1.54, 1.807) is 0 Å². The number of carbonyl (C=O) groups excluding carboxylic acids is 1.